The summed E-state index contributed by atoms with van der Waals surface area (Å²) >= 11 is 0. The highest BCUT2D eigenvalue weighted by Gasteiger charge is 2.43. The van der Waals surface area contributed by atoms with Crippen molar-refractivity contribution in [2.75, 3.05) is 20.8 Å². The maximum Gasteiger partial charge on any atom is 0.244 e. The number of methoxy groups -OCH3 is 2. The van der Waals surface area contributed by atoms with Crippen LogP contribution in [0.4, 0.5) is 0 Å². The van der Waals surface area contributed by atoms with Crippen LogP contribution in [0.25, 0.3) is 0 Å². The molecule has 0 aromatic heterocycles. The Morgan fingerprint density at radius 1 is 0.871 bits per heavy atom. The third-order valence-electron chi connectivity index (χ3n) is 6.62. The monoisotopic (exact) mass is 435 g/mol. The molecule has 0 unspecified atom stereocenters. The number of fused-ring (bicyclic) bond motifs is 1. The van der Waals surface area contributed by atoms with Gasteiger partial charge in [-0.1, -0.05) is 48.5 Å². The van der Waals surface area contributed by atoms with Gasteiger partial charge >= 0.3 is 0 Å². The molecule has 3 aliphatic carbocycles. The Kier molecular flexibility index (Phi) is 4.99. The lowest BCUT2D eigenvalue weighted by Gasteiger charge is -2.45. The Morgan fingerprint density at radius 3 is 2.06 bits per heavy atom. The SMILES string of the molecule is COc1ccc(S(=O)(=O)NC[C@@H]2CC3c4ccccc4C2c2ccccc23)c(OC)c1. The molecular formula is C25H25NO4S. The molecule has 0 fully saturated rings. The number of hydrogen-bond donors (Lipinski definition) is 1. The van der Waals surface area contributed by atoms with Crippen LogP contribution in [0.5, 0.6) is 11.5 Å². The highest BCUT2D eigenvalue weighted by atomic mass is 32.2. The van der Waals surface area contributed by atoms with Crippen LogP contribution in [-0.4, -0.2) is 29.2 Å². The van der Waals surface area contributed by atoms with E-state index in [1.54, 1.807) is 12.1 Å². The van der Waals surface area contributed by atoms with Gasteiger partial charge in [0.1, 0.15) is 16.4 Å². The lowest BCUT2D eigenvalue weighted by Crippen LogP contribution is -2.39. The van der Waals surface area contributed by atoms with Gasteiger partial charge in [0.15, 0.2) is 0 Å². The second-order valence-corrected chi connectivity index (χ2v) is 9.89. The highest BCUT2D eigenvalue weighted by Crippen LogP contribution is 2.55. The Hall–Kier alpha value is -2.83. The molecule has 31 heavy (non-hydrogen) atoms. The van der Waals surface area contributed by atoms with Crippen molar-refractivity contribution in [3.8, 4) is 11.5 Å². The molecule has 5 nitrogen and oxygen atoms in total. The minimum absolute atomic E-state index is 0.123. The molecule has 2 bridgehead atoms. The lowest BCUT2D eigenvalue weighted by molar-refractivity contribution is 0.354. The summed E-state index contributed by atoms with van der Waals surface area (Å²) in [6.45, 7) is 0.376. The van der Waals surface area contributed by atoms with Gasteiger partial charge in [-0.2, -0.15) is 0 Å². The van der Waals surface area contributed by atoms with Crippen molar-refractivity contribution in [2.24, 2.45) is 5.92 Å². The predicted octanol–water partition coefficient (Wildman–Crippen LogP) is 4.28. The standard InChI is InChI=1S/C25H25NO4S/c1-29-17-11-12-24(23(14-17)30-2)31(27,28)26-15-16-13-22-18-7-3-5-9-20(18)25(16)21-10-6-4-8-19(21)22/h3-12,14,16,22,25-26H,13,15H2,1-2H3/t16-,22?,25?/m0/s1. The fourth-order valence-corrected chi connectivity index (χ4v) is 6.49. The third-order valence-corrected chi connectivity index (χ3v) is 8.08. The molecular weight excluding hydrogens is 410 g/mol. The Bertz CT molecular complexity index is 1190. The van der Waals surface area contributed by atoms with E-state index in [0.29, 0.717) is 18.2 Å². The first-order chi connectivity index (χ1) is 15.0. The summed E-state index contributed by atoms with van der Waals surface area (Å²) in [6.07, 6.45) is 0.932. The normalized spacial score (nSPS) is 21.3. The number of nitrogens with one attached hydrogen (secondary N) is 1. The molecule has 0 saturated carbocycles. The highest BCUT2D eigenvalue weighted by molar-refractivity contribution is 7.89. The van der Waals surface area contributed by atoms with E-state index in [1.807, 2.05) is 0 Å². The van der Waals surface area contributed by atoms with Gasteiger partial charge in [0.05, 0.1) is 14.2 Å². The lowest BCUT2D eigenvalue weighted by atomic mass is 9.59. The van der Waals surface area contributed by atoms with E-state index in [4.69, 9.17) is 9.47 Å². The molecule has 3 aromatic carbocycles. The summed E-state index contributed by atoms with van der Waals surface area (Å²) in [4.78, 5) is 0.123. The van der Waals surface area contributed by atoms with Crippen molar-refractivity contribution < 1.29 is 17.9 Å². The van der Waals surface area contributed by atoms with Crippen LogP contribution in [0.1, 0.15) is 40.5 Å². The van der Waals surface area contributed by atoms with E-state index in [2.05, 4.69) is 53.3 Å². The van der Waals surface area contributed by atoms with Crippen LogP contribution >= 0.6 is 0 Å². The van der Waals surface area contributed by atoms with Crippen molar-refractivity contribution >= 4 is 10.0 Å². The van der Waals surface area contributed by atoms with Crippen molar-refractivity contribution in [2.45, 2.75) is 23.2 Å². The van der Waals surface area contributed by atoms with Gasteiger partial charge in [-0.25, -0.2) is 13.1 Å². The van der Waals surface area contributed by atoms with Gasteiger partial charge < -0.3 is 9.47 Å². The van der Waals surface area contributed by atoms with E-state index in [1.165, 1.54) is 42.5 Å². The topological polar surface area (TPSA) is 64.6 Å². The Balaban J connectivity index is 1.45. The number of ether oxygens (including phenoxy) is 2. The van der Waals surface area contributed by atoms with Crippen molar-refractivity contribution in [1.82, 2.24) is 4.72 Å². The average Bonchev–Trinajstić information content (AvgIpc) is 2.82. The molecule has 160 valence electrons. The fraction of sp³-hybridized carbons (Fsp3) is 0.280. The Morgan fingerprint density at radius 2 is 1.48 bits per heavy atom. The molecule has 3 aromatic rings. The summed E-state index contributed by atoms with van der Waals surface area (Å²) in [5.41, 5.74) is 5.40. The van der Waals surface area contributed by atoms with Crippen molar-refractivity contribution in [1.29, 1.82) is 0 Å². The van der Waals surface area contributed by atoms with E-state index in [0.717, 1.165) is 6.42 Å². The Labute approximate surface area is 183 Å². The van der Waals surface area contributed by atoms with Crippen LogP contribution in [0, 0.1) is 5.92 Å². The number of rotatable bonds is 6. The zero-order chi connectivity index (χ0) is 21.6. The first kappa shape index (κ1) is 20.1. The summed E-state index contributed by atoms with van der Waals surface area (Å²) in [5.74, 6) is 1.51. The molecule has 0 radical (unpaired) electrons. The van der Waals surface area contributed by atoms with Crippen LogP contribution < -0.4 is 14.2 Å². The zero-order valence-corrected chi connectivity index (χ0v) is 18.4. The van der Waals surface area contributed by atoms with Crippen LogP contribution in [0.15, 0.2) is 71.6 Å². The first-order valence-corrected chi connectivity index (χ1v) is 11.9. The summed E-state index contributed by atoms with van der Waals surface area (Å²) in [5, 5.41) is 0. The molecule has 6 rings (SSSR count). The van der Waals surface area contributed by atoms with Crippen LogP contribution in [0.2, 0.25) is 0 Å². The molecule has 1 N–H and O–H groups in total. The molecule has 0 saturated heterocycles. The summed E-state index contributed by atoms with van der Waals surface area (Å²) in [7, 11) is -0.733. The maximum atomic E-state index is 13.1. The molecule has 0 aliphatic heterocycles. The number of sulfonamides is 1. The molecule has 0 heterocycles. The van der Waals surface area contributed by atoms with Crippen LogP contribution in [0.3, 0.4) is 0 Å². The molecule has 3 aliphatic rings. The van der Waals surface area contributed by atoms with Gasteiger partial charge in [0, 0.05) is 24.4 Å². The predicted molar refractivity (Wildman–Crippen MR) is 119 cm³/mol. The smallest absolute Gasteiger partial charge is 0.244 e. The molecule has 1 atom stereocenters. The average molecular weight is 436 g/mol. The van der Waals surface area contributed by atoms with Crippen molar-refractivity contribution in [3.63, 3.8) is 0 Å². The minimum Gasteiger partial charge on any atom is -0.497 e. The third kappa shape index (κ3) is 3.30. The van der Waals surface area contributed by atoms with E-state index in [9.17, 15) is 8.42 Å². The van der Waals surface area contributed by atoms with E-state index < -0.39 is 10.0 Å². The second-order valence-electron chi connectivity index (χ2n) is 8.15. The minimum atomic E-state index is -3.73. The second kappa shape index (κ2) is 7.70. The van der Waals surface area contributed by atoms with E-state index >= 15 is 0 Å². The zero-order valence-electron chi connectivity index (χ0n) is 17.5. The largest absolute Gasteiger partial charge is 0.497 e. The van der Waals surface area contributed by atoms with E-state index in [-0.39, 0.29) is 22.5 Å². The molecule has 0 spiro atoms. The van der Waals surface area contributed by atoms with Crippen molar-refractivity contribution in [3.05, 3.63) is 89.0 Å². The molecule has 0 amide bonds. The number of hydrogen-bond acceptors (Lipinski definition) is 4. The summed E-state index contributed by atoms with van der Waals surface area (Å²) in [6, 6.07) is 21.9. The fourth-order valence-electron chi connectivity index (χ4n) is 5.25. The molecule has 6 heteroatoms. The quantitative estimate of drug-likeness (QED) is 0.628. The number of benzene rings is 3. The van der Waals surface area contributed by atoms with Gasteiger partial charge in [-0.05, 0) is 46.7 Å². The van der Waals surface area contributed by atoms with Gasteiger partial charge in [0.25, 0.3) is 0 Å². The first-order valence-electron chi connectivity index (χ1n) is 10.4. The maximum absolute atomic E-state index is 13.1. The van der Waals surface area contributed by atoms with Gasteiger partial charge in [-0.3, -0.25) is 0 Å². The van der Waals surface area contributed by atoms with Gasteiger partial charge in [-0.15, -0.1) is 0 Å². The summed E-state index contributed by atoms with van der Waals surface area (Å²) < 4.78 is 39.6. The van der Waals surface area contributed by atoms with Crippen LogP contribution in [-0.2, 0) is 10.0 Å². The van der Waals surface area contributed by atoms with Gasteiger partial charge in [0.2, 0.25) is 10.0 Å².